The minimum atomic E-state index is 0.856. The Morgan fingerprint density at radius 2 is 0.860 bits per heavy atom. The molecule has 0 radical (unpaired) electrons. The van der Waals surface area contributed by atoms with E-state index in [-0.39, 0.29) is 0 Å². The van der Waals surface area contributed by atoms with Crippen molar-refractivity contribution in [1.82, 2.24) is 0 Å². The molecule has 0 bridgehead atoms. The van der Waals surface area contributed by atoms with Crippen molar-refractivity contribution < 1.29 is 4.74 Å². The van der Waals surface area contributed by atoms with Gasteiger partial charge in [-0.15, -0.1) is 0 Å². The molecule has 0 unspecified atom stereocenters. The first-order valence-electron chi connectivity index (χ1n) is 17.1. The lowest BCUT2D eigenvalue weighted by Crippen LogP contribution is -2.12. The van der Waals surface area contributed by atoms with E-state index in [0.29, 0.717) is 0 Å². The first-order chi connectivity index (χ1) is 24.8. The number of hydrogen-bond acceptors (Lipinski definition) is 2. The van der Waals surface area contributed by atoms with Crippen LogP contribution in [0.25, 0.3) is 65.7 Å². The summed E-state index contributed by atoms with van der Waals surface area (Å²) < 4.78 is 6.65. The smallest absolute Gasteiger partial charge is 0.135 e. The van der Waals surface area contributed by atoms with Gasteiger partial charge in [-0.3, -0.25) is 0 Å². The molecule has 9 aromatic rings. The average Bonchev–Trinajstić information content (AvgIpc) is 3.33. The van der Waals surface area contributed by atoms with E-state index < -0.39 is 0 Å². The van der Waals surface area contributed by atoms with E-state index in [1.54, 1.807) is 0 Å². The molecule has 0 aromatic heterocycles. The van der Waals surface area contributed by atoms with Crippen LogP contribution in [0.15, 0.2) is 188 Å². The van der Waals surface area contributed by atoms with Crippen LogP contribution >= 0.6 is 0 Å². The zero-order valence-corrected chi connectivity index (χ0v) is 27.3. The second-order valence-electron chi connectivity index (χ2n) is 12.9. The number of ether oxygens (including phenoxy) is 1. The highest BCUT2D eigenvalue weighted by Gasteiger charge is 2.27. The van der Waals surface area contributed by atoms with Gasteiger partial charge in [0.05, 0.1) is 11.4 Å². The fourth-order valence-electron chi connectivity index (χ4n) is 7.76. The molecule has 9 aromatic carbocycles. The molecule has 2 heteroatoms. The molecule has 0 saturated carbocycles. The maximum absolute atomic E-state index is 6.65. The van der Waals surface area contributed by atoms with Gasteiger partial charge in [-0.2, -0.15) is 0 Å². The largest absolute Gasteiger partial charge is 0.456 e. The van der Waals surface area contributed by atoms with E-state index in [1.807, 2.05) is 0 Å². The third-order valence-corrected chi connectivity index (χ3v) is 10.0. The van der Waals surface area contributed by atoms with Crippen molar-refractivity contribution in [2.75, 3.05) is 4.90 Å². The van der Waals surface area contributed by atoms with Gasteiger partial charge in [0.15, 0.2) is 0 Å². The lowest BCUT2D eigenvalue weighted by molar-refractivity contribution is 0.488. The Morgan fingerprint density at radius 1 is 0.340 bits per heavy atom. The van der Waals surface area contributed by atoms with Gasteiger partial charge in [-0.1, -0.05) is 152 Å². The van der Waals surface area contributed by atoms with Crippen LogP contribution in [0.4, 0.5) is 17.1 Å². The summed E-state index contributed by atoms with van der Waals surface area (Å²) in [5.74, 6) is 1.72. The summed E-state index contributed by atoms with van der Waals surface area (Å²) in [4.78, 5) is 2.46. The summed E-state index contributed by atoms with van der Waals surface area (Å²) >= 11 is 0. The van der Waals surface area contributed by atoms with Gasteiger partial charge in [-0.25, -0.2) is 0 Å². The molecule has 2 nitrogen and oxygen atoms in total. The highest BCUT2D eigenvalue weighted by Crippen LogP contribution is 2.53. The first kappa shape index (κ1) is 28.4. The summed E-state index contributed by atoms with van der Waals surface area (Å²) in [6.45, 7) is 0. The van der Waals surface area contributed by atoms with Gasteiger partial charge in [0.2, 0.25) is 0 Å². The maximum atomic E-state index is 6.65. The number of rotatable bonds is 4. The Balaban J connectivity index is 1.32. The SMILES string of the molecule is c1ccc(-c2ccc(N(c3cc4c(c5ccccc35)-c3ccccc3Oc3ccccc3-4)c3cc4ccccc4c4ccccc34)cc2)cc1. The molecule has 0 amide bonds. The molecule has 10 rings (SSSR count). The minimum Gasteiger partial charge on any atom is -0.456 e. The monoisotopic (exact) mass is 637 g/mol. The van der Waals surface area contributed by atoms with E-state index in [1.165, 1.54) is 49.0 Å². The van der Waals surface area contributed by atoms with Crippen LogP contribution in [0.2, 0.25) is 0 Å². The van der Waals surface area contributed by atoms with Crippen molar-refractivity contribution in [3.05, 3.63) is 188 Å². The summed E-state index contributed by atoms with van der Waals surface area (Å²) in [5, 5.41) is 7.25. The van der Waals surface area contributed by atoms with Crippen LogP contribution in [0, 0.1) is 0 Å². The molecule has 50 heavy (non-hydrogen) atoms. The predicted octanol–water partition coefficient (Wildman–Crippen LogP) is 13.7. The second kappa shape index (κ2) is 11.5. The van der Waals surface area contributed by atoms with Crippen LogP contribution < -0.4 is 9.64 Å². The van der Waals surface area contributed by atoms with Crippen molar-refractivity contribution in [3.8, 4) is 44.9 Å². The standard InChI is InChI=1S/C48H31NO/c1-2-14-32(15-3-1)33-26-28-35(29-27-33)49(44-30-34-16-4-5-17-36(34)37-18-6-7-19-38(37)44)45-31-43-40-21-10-12-24-46(40)50-47-25-13-11-23-42(47)48(43)41-22-9-8-20-39(41)45/h1-31H. The molecule has 0 fully saturated rings. The molecule has 0 atom stereocenters. The number of para-hydroxylation sites is 2. The number of benzene rings is 9. The fourth-order valence-corrected chi connectivity index (χ4v) is 7.76. The van der Waals surface area contributed by atoms with E-state index >= 15 is 0 Å². The predicted molar refractivity (Wildman–Crippen MR) is 210 cm³/mol. The third-order valence-electron chi connectivity index (χ3n) is 10.0. The van der Waals surface area contributed by atoms with Crippen molar-refractivity contribution in [2.24, 2.45) is 0 Å². The zero-order chi connectivity index (χ0) is 33.0. The average molecular weight is 638 g/mol. The van der Waals surface area contributed by atoms with E-state index in [4.69, 9.17) is 4.74 Å². The van der Waals surface area contributed by atoms with Crippen LogP contribution in [0.1, 0.15) is 0 Å². The minimum absolute atomic E-state index is 0.856. The second-order valence-corrected chi connectivity index (χ2v) is 12.9. The lowest BCUT2D eigenvalue weighted by Gasteiger charge is -2.30. The van der Waals surface area contributed by atoms with Crippen molar-refractivity contribution in [2.45, 2.75) is 0 Å². The molecule has 0 aliphatic carbocycles. The van der Waals surface area contributed by atoms with Crippen LogP contribution in [-0.2, 0) is 0 Å². The lowest BCUT2D eigenvalue weighted by atomic mass is 9.88. The summed E-state index contributed by atoms with van der Waals surface area (Å²) in [6.07, 6.45) is 0. The molecular formula is C48H31NO. The molecule has 234 valence electrons. The number of anilines is 3. The molecular weight excluding hydrogens is 607 g/mol. The van der Waals surface area contributed by atoms with Gasteiger partial charge in [0.1, 0.15) is 11.5 Å². The van der Waals surface area contributed by atoms with Gasteiger partial charge in [0, 0.05) is 33.2 Å². The number of hydrogen-bond donors (Lipinski definition) is 0. The number of nitrogens with zero attached hydrogens (tertiary/aromatic N) is 1. The Kier molecular flexibility index (Phi) is 6.53. The first-order valence-corrected chi connectivity index (χ1v) is 17.1. The van der Waals surface area contributed by atoms with Gasteiger partial charge >= 0.3 is 0 Å². The molecule has 0 saturated heterocycles. The number of fused-ring (bicyclic) bond motifs is 10. The molecule has 1 heterocycles. The Morgan fingerprint density at radius 3 is 1.62 bits per heavy atom. The highest BCUT2D eigenvalue weighted by atomic mass is 16.5. The maximum Gasteiger partial charge on any atom is 0.135 e. The Hall–Kier alpha value is -6.64. The van der Waals surface area contributed by atoms with Crippen molar-refractivity contribution in [3.63, 3.8) is 0 Å². The quantitative estimate of drug-likeness (QED) is 0.178. The van der Waals surface area contributed by atoms with Crippen molar-refractivity contribution >= 4 is 49.4 Å². The summed E-state index contributed by atoms with van der Waals surface area (Å²) in [5.41, 5.74) is 10.2. The zero-order valence-electron chi connectivity index (χ0n) is 27.3. The Labute approximate surface area is 291 Å². The summed E-state index contributed by atoms with van der Waals surface area (Å²) in [7, 11) is 0. The van der Waals surface area contributed by atoms with Gasteiger partial charge < -0.3 is 9.64 Å². The molecule has 0 N–H and O–H groups in total. The van der Waals surface area contributed by atoms with Gasteiger partial charge in [0.25, 0.3) is 0 Å². The van der Waals surface area contributed by atoms with Crippen LogP contribution in [-0.4, -0.2) is 0 Å². The fraction of sp³-hybridized carbons (Fsp3) is 0. The van der Waals surface area contributed by atoms with Crippen molar-refractivity contribution in [1.29, 1.82) is 0 Å². The Bertz CT molecular complexity index is 2730. The molecule has 1 aliphatic rings. The van der Waals surface area contributed by atoms with Crippen LogP contribution in [0.3, 0.4) is 0 Å². The van der Waals surface area contributed by atoms with E-state index in [0.717, 1.165) is 45.3 Å². The third kappa shape index (κ3) is 4.50. The van der Waals surface area contributed by atoms with E-state index in [2.05, 4.69) is 193 Å². The highest BCUT2D eigenvalue weighted by molar-refractivity contribution is 6.18. The molecule has 1 aliphatic heterocycles. The summed E-state index contributed by atoms with van der Waals surface area (Å²) in [6, 6.07) is 67.5. The normalized spacial score (nSPS) is 11.8. The molecule has 0 spiro atoms. The van der Waals surface area contributed by atoms with E-state index in [9.17, 15) is 0 Å². The van der Waals surface area contributed by atoms with Crippen LogP contribution in [0.5, 0.6) is 11.5 Å². The topological polar surface area (TPSA) is 12.5 Å². The van der Waals surface area contributed by atoms with Gasteiger partial charge in [-0.05, 0) is 74.6 Å².